The molecule has 0 saturated heterocycles. The third kappa shape index (κ3) is 4.67. The van der Waals surface area contributed by atoms with Gasteiger partial charge in [0.05, 0.1) is 4.43 Å². The van der Waals surface area contributed by atoms with Gasteiger partial charge in [-0.15, -0.1) is 0 Å². The van der Waals surface area contributed by atoms with Gasteiger partial charge < -0.3 is 14.7 Å². The summed E-state index contributed by atoms with van der Waals surface area (Å²) in [6.07, 6.45) is 0. The minimum absolute atomic E-state index is 0.0237. The summed E-state index contributed by atoms with van der Waals surface area (Å²) in [6, 6.07) is 0.0400. The molecular weight excluding hydrogens is 381 g/mol. The summed E-state index contributed by atoms with van der Waals surface area (Å²) in [5.74, 6) is 0.602. The minimum atomic E-state index is -0.160. The lowest BCUT2D eigenvalue weighted by molar-refractivity contribution is 0.0870. The van der Waals surface area contributed by atoms with Gasteiger partial charge in [0, 0.05) is 18.2 Å². The molecule has 0 aliphatic carbocycles. The van der Waals surface area contributed by atoms with Crippen LogP contribution in [0.3, 0.4) is 0 Å². The second-order valence-electron chi connectivity index (χ2n) is 6.23. The highest BCUT2D eigenvalue weighted by Crippen LogP contribution is 2.23. The van der Waals surface area contributed by atoms with E-state index in [9.17, 15) is 4.79 Å². The molecule has 0 radical (unpaired) electrons. The van der Waals surface area contributed by atoms with Gasteiger partial charge in [-0.3, -0.25) is 4.79 Å². The number of halogens is 1. The van der Waals surface area contributed by atoms with Crippen molar-refractivity contribution in [1.82, 2.24) is 15.4 Å². The van der Waals surface area contributed by atoms with Crippen molar-refractivity contribution >= 4 is 28.5 Å². The maximum Gasteiger partial charge on any atom is 0.273 e. The molecule has 6 heteroatoms. The van der Waals surface area contributed by atoms with Gasteiger partial charge in [-0.25, -0.2) is 0 Å². The quantitative estimate of drug-likeness (QED) is 0.558. The van der Waals surface area contributed by atoms with Crippen LogP contribution in [0.25, 0.3) is 0 Å². The number of nitrogens with one attached hydrogen (secondary N) is 1. The fraction of sp³-hybridized carbons (Fsp3) is 0.733. The van der Waals surface area contributed by atoms with E-state index in [-0.39, 0.29) is 17.4 Å². The third-order valence-electron chi connectivity index (χ3n) is 4.09. The molecule has 1 heterocycles. The van der Waals surface area contributed by atoms with Crippen LogP contribution in [-0.2, 0) is 4.43 Å². The van der Waals surface area contributed by atoms with E-state index in [0.29, 0.717) is 10.1 Å². The van der Waals surface area contributed by atoms with Crippen LogP contribution in [0.2, 0.25) is 0 Å². The van der Waals surface area contributed by atoms with Crippen molar-refractivity contribution in [2.75, 3.05) is 20.1 Å². The molecule has 0 saturated carbocycles. The zero-order valence-corrected chi connectivity index (χ0v) is 15.9. The topological polar surface area (TPSA) is 58.4 Å². The summed E-state index contributed by atoms with van der Waals surface area (Å²) < 4.78 is 5.90. The average molecular weight is 407 g/mol. The highest BCUT2D eigenvalue weighted by Gasteiger charge is 2.30. The van der Waals surface area contributed by atoms with Crippen molar-refractivity contribution in [2.45, 2.75) is 45.1 Å². The van der Waals surface area contributed by atoms with Crippen LogP contribution in [0.4, 0.5) is 0 Å². The Hall–Kier alpha value is -0.630. The number of carbonyl (C=O) groups is 1. The molecule has 21 heavy (non-hydrogen) atoms. The molecule has 0 fully saturated rings. The molecule has 5 nitrogen and oxygen atoms in total. The smallest absolute Gasteiger partial charge is 0.273 e. The lowest BCUT2D eigenvalue weighted by atomic mass is 9.84. The number of carbonyl (C=O) groups excluding carboxylic acids is 1. The van der Waals surface area contributed by atoms with Crippen molar-refractivity contribution < 1.29 is 9.32 Å². The Kier molecular flexibility index (Phi) is 6.65. The zero-order chi connectivity index (χ0) is 16.2. The molecule has 1 aromatic heterocycles. The molecule has 120 valence electrons. The lowest BCUT2D eigenvalue weighted by Crippen LogP contribution is -2.48. The van der Waals surface area contributed by atoms with Crippen LogP contribution >= 0.6 is 22.6 Å². The highest BCUT2D eigenvalue weighted by molar-refractivity contribution is 14.1. The van der Waals surface area contributed by atoms with Crippen LogP contribution < -0.4 is 5.32 Å². The third-order valence-corrected chi connectivity index (χ3v) is 4.79. The highest BCUT2D eigenvalue weighted by atomic mass is 127. The maximum absolute atomic E-state index is 12.4. The molecule has 0 bridgehead atoms. The minimum Gasteiger partial charge on any atom is -0.359 e. The van der Waals surface area contributed by atoms with Gasteiger partial charge in [0.1, 0.15) is 5.76 Å². The Labute approximate surface area is 141 Å². The fourth-order valence-electron chi connectivity index (χ4n) is 2.11. The molecule has 1 atom stereocenters. The number of aromatic nitrogens is 1. The number of nitrogens with zero attached hydrogens (tertiary/aromatic N) is 2. The first-order valence-corrected chi connectivity index (χ1v) is 8.76. The van der Waals surface area contributed by atoms with Crippen molar-refractivity contribution in [3.63, 3.8) is 0 Å². The Bertz CT molecular complexity index is 485. The van der Waals surface area contributed by atoms with E-state index in [1.165, 1.54) is 0 Å². The standard InChI is InChI=1S/C15H26IN3O2/c1-7-19(6)9-15(4,5)11(3)17-14(20)13-10(2)12(8-16)21-18-13/h11H,7-9H2,1-6H3,(H,17,20). The van der Waals surface area contributed by atoms with E-state index in [0.717, 1.165) is 24.4 Å². The average Bonchev–Trinajstić information content (AvgIpc) is 2.79. The molecule has 1 N–H and O–H groups in total. The Morgan fingerprint density at radius 1 is 1.52 bits per heavy atom. The maximum atomic E-state index is 12.4. The molecule has 1 rings (SSSR count). The molecule has 0 aliphatic heterocycles. The molecular formula is C15H26IN3O2. The number of hydrogen-bond acceptors (Lipinski definition) is 4. The first kappa shape index (κ1) is 18.4. The Balaban J connectivity index is 2.75. The van der Waals surface area contributed by atoms with Gasteiger partial charge >= 0.3 is 0 Å². The van der Waals surface area contributed by atoms with Gasteiger partial charge in [-0.2, -0.15) is 0 Å². The van der Waals surface area contributed by atoms with Gasteiger partial charge in [-0.1, -0.05) is 48.5 Å². The fourth-order valence-corrected chi connectivity index (χ4v) is 2.82. The van der Waals surface area contributed by atoms with Crippen molar-refractivity contribution in [3.8, 4) is 0 Å². The van der Waals surface area contributed by atoms with E-state index >= 15 is 0 Å². The zero-order valence-electron chi connectivity index (χ0n) is 13.8. The number of amides is 1. The summed E-state index contributed by atoms with van der Waals surface area (Å²) in [7, 11) is 2.09. The van der Waals surface area contributed by atoms with Crippen molar-refractivity contribution in [3.05, 3.63) is 17.0 Å². The normalized spacial score (nSPS) is 13.5. The van der Waals surface area contributed by atoms with E-state index in [4.69, 9.17) is 4.52 Å². The predicted octanol–water partition coefficient (Wildman–Crippen LogP) is 3.01. The van der Waals surface area contributed by atoms with Gasteiger partial charge in [-0.05, 0) is 32.9 Å². The van der Waals surface area contributed by atoms with Crippen LogP contribution in [-0.4, -0.2) is 42.1 Å². The first-order chi connectivity index (χ1) is 9.72. The van der Waals surface area contributed by atoms with E-state index in [1.54, 1.807) is 0 Å². The summed E-state index contributed by atoms with van der Waals surface area (Å²) in [6.45, 7) is 12.3. The van der Waals surface area contributed by atoms with E-state index in [1.807, 2.05) is 13.8 Å². The van der Waals surface area contributed by atoms with Crippen molar-refractivity contribution in [1.29, 1.82) is 0 Å². The summed E-state index contributed by atoms with van der Waals surface area (Å²) in [4.78, 5) is 14.6. The van der Waals surface area contributed by atoms with Crippen LogP contribution in [0.1, 0.15) is 49.5 Å². The monoisotopic (exact) mass is 407 g/mol. The largest absolute Gasteiger partial charge is 0.359 e. The van der Waals surface area contributed by atoms with Gasteiger partial charge in [0.25, 0.3) is 5.91 Å². The Morgan fingerprint density at radius 3 is 2.62 bits per heavy atom. The molecule has 1 amide bonds. The first-order valence-electron chi connectivity index (χ1n) is 7.23. The summed E-state index contributed by atoms with van der Waals surface area (Å²) in [5, 5.41) is 6.95. The van der Waals surface area contributed by atoms with E-state index in [2.05, 4.69) is 65.8 Å². The number of alkyl halides is 1. The Morgan fingerprint density at radius 2 is 2.14 bits per heavy atom. The van der Waals surface area contributed by atoms with Gasteiger partial charge in [0.15, 0.2) is 5.69 Å². The van der Waals surface area contributed by atoms with Gasteiger partial charge in [0.2, 0.25) is 0 Å². The van der Waals surface area contributed by atoms with Crippen LogP contribution in [0.15, 0.2) is 4.52 Å². The molecule has 1 aromatic rings. The molecule has 0 aromatic carbocycles. The number of hydrogen-bond donors (Lipinski definition) is 1. The predicted molar refractivity (Wildman–Crippen MR) is 92.8 cm³/mol. The number of rotatable bonds is 7. The second kappa shape index (κ2) is 7.58. The second-order valence-corrected chi connectivity index (χ2v) is 6.99. The molecule has 0 aliphatic rings. The van der Waals surface area contributed by atoms with E-state index < -0.39 is 0 Å². The van der Waals surface area contributed by atoms with Crippen molar-refractivity contribution in [2.24, 2.45) is 5.41 Å². The van der Waals surface area contributed by atoms with Crippen LogP contribution in [0.5, 0.6) is 0 Å². The summed E-state index contributed by atoms with van der Waals surface area (Å²) >= 11 is 2.20. The molecule has 1 unspecified atom stereocenters. The molecule has 0 spiro atoms. The SMILES string of the molecule is CCN(C)CC(C)(C)C(C)NC(=O)c1noc(CI)c1C. The summed E-state index contributed by atoms with van der Waals surface area (Å²) in [5.41, 5.74) is 1.20. The van der Waals surface area contributed by atoms with Crippen LogP contribution in [0, 0.1) is 12.3 Å². The lowest BCUT2D eigenvalue weighted by Gasteiger charge is -2.35.